The van der Waals surface area contributed by atoms with Crippen molar-refractivity contribution in [1.29, 1.82) is 0 Å². The van der Waals surface area contributed by atoms with E-state index >= 15 is 0 Å². The van der Waals surface area contributed by atoms with Crippen molar-refractivity contribution in [2.75, 3.05) is 33.7 Å². The monoisotopic (exact) mass is 225 g/mol. The SMILES string of the molecule is CN1CCC(N(C)C(=O)[C@H]2CCCN2)CC1. The van der Waals surface area contributed by atoms with Crippen molar-refractivity contribution >= 4 is 5.91 Å². The molecule has 0 bridgehead atoms. The minimum absolute atomic E-state index is 0.0876. The van der Waals surface area contributed by atoms with Crippen molar-refractivity contribution in [3.8, 4) is 0 Å². The number of hydrogen-bond acceptors (Lipinski definition) is 3. The van der Waals surface area contributed by atoms with Gasteiger partial charge in [-0.2, -0.15) is 0 Å². The first-order valence-corrected chi connectivity index (χ1v) is 6.37. The molecular weight excluding hydrogens is 202 g/mol. The average Bonchev–Trinajstić information content (AvgIpc) is 2.81. The summed E-state index contributed by atoms with van der Waals surface area (Å²) in [4.78, 5) is 16.5. The van der Waals surface area contributed by atoms with Gasteiger partial charge in [0.2, 0.25) is 5.91 Å². The second-order valence-electron chi connectivity index (χ2n) is 5.13. The van der Waals surface area contributed by atoms with Crippen LogP contribution in [0.1, 0.15) is 25.7 Å². The Morgan fingerprint density at radius 2 is 2.00 bits per heavy atom. The molecular formula is C12H23N3O. The molecule has 0 aliphatic carbocycles. The molecule has 0 aromatic rings. The molecule has 0 aromatic carbocycles. The van der Waals surface area contributed by atoms with Crippen LogP contribution in [0.4, 0.5) is 0 Å². The number of rotatable bonds is 2. The van der Waals surface area contributed by atoms with E-state index < -0.39 is 0 Å². The Balaban J connectivity index is 1.86. The van der Waals surface area contributed by atoms with E-state index in [1.54, 1.807) is 0 Å². The first kappa shape index (κ1) is 11.9. The molecule has 2 heterocycles. The number of likely N-dealkylation sites (N-methyl/N-ethyl adjacent to an activating group) is 1. The van der Waals surface area contributed by atoms with E-state index in [9.17, 15) is 4.79 Å². The summed E-state index contributed by atoms with van der Waals surface area (Å²) in [6.07, 6.45) is 4.38. The number of carbonyl (C=O) groups excluding carboxylic acids is 1. The molecule has 0 radical (unpaired) electrons. The lowest BCUT2D eigenvalue weighted by Gasteiger charge is -2.36. The molecule has 2 rings (SSSR count). The molecule has 1 atom stereocenters. The number of likely N-dealkylation sites (tertiary alicyclic amines) is 1. The van der Waals surface area contributed by atoms with Gasteiger partial charge in [0.1, 0.15) is 0 Å². The lowest BCUT2D eigenvalue weighted by Crippen LogP contribution is -2.49. The number of nitrogens with one attached hydrogen (secondary N) is 1. The molecule has 0 saturated carbocycles. The number of carbonyl (C=O) groups is 1. The van der Waals surface area contributed by atoms with Crippen molar-refractivity contribution in [3.63, 3.8) is 0 Å². The lowest BCUT2D eigenvalue weighted by atomic mass is 10.0. The van der Waals surface area contributed by atoms with E-state index in [4.69, 9.17) is 0 Å². The Morgan fingerprint density at radius 3 is 2.56 bits per heavy atom. The number of amides is 1. The maximum atomic E-state index is 12.2. The molecule has 0 spiro atoms. The van der Waals surface area contributed by atoms with Gasteiger partial charge < -0.3 is 15.1 Å². The largest absolute Gasteiger partial charge is 0.341 e. The summed E-state index contributed by atoms with van der Waals surface area (Å²) < 4.78 is 0. The highest BCUT2D eigenvalue weighted by Gasteiger charge is 2.30. The normalized spacial score (nSPS) is 28.2. The third-order valence-corrected chi connectivity index (χ3v) is 3.94. The maximum absolute atomic E-state index is 12.2. The van der Waals surface area contributed by atoms with Gasteiger partial charge in [-0.1, -0.05) is 0 Å². The molecule has 2 fully saturated rings. The van der Waals surface area contributed by atoms with Crippen molar-refractivity contribution in [2.24, 2.45) is 0 Å². The van der Waals surface area contributed by atoms with Gasteiger partial charge in [0, 0.05) is 13.1 Å². The zero-order valence-electron chi connectivity index (χ0n) is 10.4. The topological polar surface area (TPSA) is 35.6 Å². The molecule has 2 saturated heterocycles. The third-order valence-electron chi connectivity index (χ3n) is 3.94. The van der Waals surface area contributed by atoms with Gasteiger partial charge in [0.25, 0.3) is 0 Å². The summed E-state index contributed by atoms with van der Waals surface area (Å²) in [6, 6.07) is 0.538. The quantitative estimate of drug-likeness (QED) is 0.734. The summed E-state index contributed by atoms with van der Waals surface area (Å²) in [7, 11) is 4.12. The van der Waals surface area contributed by atoms with Crippen LogP contribution in [0.25, 0.3) is 0 Å². The van der Waals surface area contributed by atoms with Gasteiger partial charge >= 0.3 is 0 Å². The minimum atomic E-state index is 0.0876. The second-order valence-corrected chi connectivity index (χ2v) is 5.13. The maximum Gasteiger partial charge on any atom is 0.239 e. The van der Waals surface area contributed by atoms with Gasteiger partial charge in [0.15, 0.2) is 0 Å². The second kappa shape index (κ2) is 5.15. The summed E-state index contributed by atoms with van der Waals surface area (Å²) in [6.45, 7) is 3.22. The average molecular weight is 225 g/mol. The smallest absolute Gasteiger partial charge is 0.239 e. The van der Waals surface area contributed by atoms with E-state index in [0.29, 0.717) is 11.9 Å². The third kappa shape index (κ3) is 2.55. The van der Waals surface area contributed by atoms with Gasteiger partial charge in [-0.25, -0.2) is 0 Å². The summed E-state index contributed by atoms with van der Waals surface area (Å²) in [5.41, 5.74) is 0. The molecule has 2 aliphatic rings. The first-order chi connectivity index (χ1) is 7.68. The Bertz CT molecular complexity index is 243. The van der Waals surface area contributed by atoms with Crippen LogP contribution in [0.15, 0.2) is 0 Å². The van der Waals surface area contributed by atoms with Crippen molar-refractivity contribution < 1.29 is 4.79 Å². The van der Waals surface area contributed by atoms with Crippen LogP contribution >= 0.6 is 0 Å². The highest BCUT2D eigenvalue weighted by atomic mass is 16.2. The summed E-state index contributed by atoms with van der Waals surface area (Å²) in [5, 5.41) is 3.28. The predicted molar refractivity (Wildman–Crippen MR) is 64.3 cm³/mol. The van der Waals surface area contributed by atoms with Crippen LogP contribution in [0, 0.1) is 0 Å². The number of hydrogen-bond donors (Lipinski definition) is 1. The lowest BCUT2D eigenvalue weighted by molar-refractivity contribution is -0.134. The fraction of sp³-hybridized carbons (Fsp3) is 0.917. The van der Waals surface area contributed by atoms with Crippen molar-refractivity contribution in [3.05, 3.63) is 0 Å². The standard InChI is InChI=1S/C12H23N3O/c1-14-8-5-10(6-9-14)15(2)12(16)11-4-3-7-13-11/h10-11,13H,3-9H2,1-2H3/t11-/m1/s1. The minimum Gasteiger partial charge on any atom is -0.341 e. The van der Waals surface area contributed by atoms with Crippen LogP contribution in [0.2, 0.25) is 0 Å². The van der Waals surface area contributed by atoms with Gasteiger partial charge in [0.05, 0.1) is 6.04 Å². The molecule has 2 aliphatic heterocycles. The van der Waals surface area contributed by atoms with Crippen LogP contribution in [-0.2, 0) is 4.79 Å². The van der Waals surface area contributed by atoms with Crippen molar-refractivity contribution in [2.45, 2.75) is 37.8 Å². The zero-order valence-corrected chi connectivity index (χ0v) is 10.4. The molecule has 4 nitrogen and oxygen atoms in total. The Labute approximate surface area is 98.0 Å². The molecule has 0 aromatic heterocycles. The van der Waals surface area contributed by atoms with Crippen LogP contribution in [0.5, 0.6) is 0 Å². The first-order valence-electron chi connectivity index (χ1n) is 6.37. The highest BCUT2D eigenvalue weighted by molar-refractivity contribution is 5.82. The molecule has 4 heteroatoms. The molecule has 1 amide bonds. The van der Waals surface area contributed by atoms with Gasteiger partial charge in [-0.3, -0.25) is 4.79 Å². The molecule has 0 unspecified atom stereocenters. The van der Waals surface area contributed by atoms with Crippen LogP contribution in [0.3, 0.4) is 0 Å². The summed E-state index contributed by atoms with van der Waals surface area (Å²) >= 11 is 0. The van der Waals surface area contributed by atoms with Gasteiger partial charge in [-0.15, -0.1) is 0 Å². The predicted octanol–water partition coefficient (Wildman–Crippen LogP) is 0.291. The van der Waals surface area contributed by atoms with Crippen molar-refractivity contribution in [1.82, 2.24) is 15.1 Å². The molecule has 92 valence electrons. The molecule has 1 N–H and O–H groups in total. The molecule has 16 heavy (non-hydrogen) atoms. The van der Waals surface area contributed by atoms with E-state index in [-0.39, 0.29) is 6.04 Å². The zero-order chi connectivity index (χ0) is 11.5. The van der Waals surface area contributed by atoms with Gasteiger partial charge in [-0.05, 0) is 52.4 Å². The van der Waals surface area contributed by atoms with E-state index in [2.05, 4.69) is 17.3 Å². The van der Waals surface area contributed by atoms with Crippen LogP contribution in [-0.4, -0.2) is 61.5 Å². The Hall–Kier alpha value is -0.610. The number of nitrogens with zero attached hydrogens (tertiary/aromatic N) is 2. The fourth-order valence-corrected chi connectivity index (χ4v) is 2.70. The van der Waals surface area contributed by atoms with E-state index in [0.717, 1.165) is 45.3 Å². The van der Waals surface area contributed by atoms with E-state index in [1.807, 2.05) is 11.9 Å². The Morgan fingerprint density at radius 1 is 1.31 bits per heavy atom. The highest BCUT2D eigenvalue weighted by Crippen LogP contribution is 2.17. The van der Waals surface area contributed by atoms with E-state index in [1.165, 1.54) is 0 Å². The number of piperidine rings is 1. The summed E-state index contributed by atoms with van der Waals surface area (Å²) in [5.74, 6) is 0.298. The fourth-order valence-electron chi connectivity index (χ4n) is 2.70. The Kier molecular flexibility index (Phi) is 3.82. The van der Waals surface area contributed by atoms with Crippen LogP contribution < -0.4 is 5.32 Å².